The molecular weight excluding hydrogens is 418 g/mol. The number of hydrazone groups is 1. The molecule has 33 heavy (non-hydrogen) atoms. The quantitative estimate of drug-likeness (QED) is 0.669. The van der Waals surface area contributed by atoms with E-state index in [4.69, 9.17) is 24.0 Å². The van der Waals surface area contributed by atoms with Crippen LogP contribution < -0.4 is 18.9 Å². The maximum Gasteiger partial charge on any atom is 0.200 e. The van der Waals surface area contributed by atoms with E-state index in [0.717, 1.165) is 72.2 Å². The Morgan fingerprint density at radius 2 is 1.76 bits per heavy atom. The minimum absolute atomic E-state index is 0.0938. The molecular formula is C26H33N3O4. The molecule has 7 nitrogen and oxygen atoms in total. The van der Waals surface area contributed by atoms with Gasteiger partial charge in [-0.1, -0.05) is 12.1 Å². The number of piperidine rings is 1. The zero-order valence-electron chi connectivity index (χ0n) is 20.1. The van der Waals surface area contributed by atoms with Crippen LogP contribution in [0.4, 0.5) is 0 Å². The summed E-state index contributed by atoms with van der Waals surface area (Å²) in [5.74, 6) is 3.18. The first-order chi connectivity index (χ1) is 16.0. The van der Waals surface area contributed by atoms with Crippen molar-refractivity contribution in [3.63, 3.8) is 0 Å². The predicted octanol–water partition coefficient (Wildman–Crippen LogP) is 4.46. The fraction of sp³-hybridized carbons (Fsp3) is 0.500. The van der Waals surface area contributed by atoms with Crippen LogP contribution in [0.15, 0.2) is 41.5 Å². The molecule has 1 saturated heterocycles. The molecule has 2 aromatic carbocycles. The van der Waals surface area contributed by atoms with Crippen molar-refractivity contribution >= 4 is 5.71 Å². The summed E-state index contributed by atoms with van der Waals surface area (Å²) >= 11 is 0. The second kappa shape index (κ2) is 8.45. The standard InChI is InChI=1S/C26H33N3O4/c1-17(2)28-13-11-26(12-14-28)29-22(20-7-6-8-23(31-4)25(20)33-26)16-21(27-29)19-10-9-18(30-3)15-24(19)32-5/h6-10,15,17,22H,11-14,16H2,1-5H3/t22-/m0/s1. The Morgan fingerprint density at radius 1 is 1.00 bits per heavy atom. The van der Waals surface area contributed by atoms with Crippen LogP contribution in [0.1, 0.15) is 50.3 Å². The average molecular weight is 452 g/mol. The fourth-order valence-corrected chi connectivity index (χ4v) is 5.35. The molecule has 1 spiro atoms. The van der Waals surface area contributed by atoms with Gasteiger partial charge in [-0.2, -0.15) is 5.10 Å². The molecule has 0 saturated carbocycles. The predicted molar refractivity (Wildman–Crippen MR) is 128 cm³/mol. The minimum Gasteiger partial charge on any atom is -0.497 e. The van der Waals surface area contributed by atoms with Gasteiger partial charge in [-0.25, -0.2) is 5.01 Å². The molecule has 1 atom stereocenters. The van der Waals surface area contributed by atoms with Crippen molar-refractivity contribution in [2.75, 3.05) is 34.4 Å². The van der Waals surface area contributed by atoms with Gasteiger partial charge in [0.1, 0.15) is 11.5 Å². The van der Waals surface area contributed by atoms with Gasteiger partial charge in [-0.15, -0.1) is 0 Å². The van der Waals surface area contributed by atoms with Crippen molar-refractivity contribution in [1.82, 2.24) is 9.91 Å². The Kier molecular flexibility index (Phi) is 5.60. The number of fused-ring (bicyclic) bond motifs is 4. The van der Waals surface area contributed by atoms with E-state index in [2.05, 4.69) is 29.8 Å². The molecule has 3 aliphatic rings. The van der Waals surface area contributed by atoms with Crippen molar-refractivity contribution < 1.29 is 18.9 Å². The van der Waals surface area contributed by atoms with Crippen LogP contribution in [0, 0.1) is 0 Å². The molecule has 0 unspecified atom stereocenters. The van der Waals surface area contributed by atoms with Crippen LogP contribution in [0.5, 0.6) is 23.0 Å². The van der Waals surface area contributed by atoms with Gasteiger partial charge in [0.15, 0.2) is 11.5 Å². The number of hydrogen-bond donors (Lipinski definition) is 0. The van der Waals surface area contributed by atoms with Crippen molar-refractivity contribution in [3.8, 4) is 23.0 Å². The number of para-hydroxylation sites is 1. The third-order valence-electron chi connectivity index (χ3n) is 7.24. The van der Waals surface area contributed by atoms with E-state index in [1.165, 1.54) is 0 Å². The monoisotopic (exact) mass is 451 g/mol. The van der Waals surface area contributed by atoms with Gasteiger partial charge in [0.05, 0.1) is 33.1 Å². The normalized spacial score (nSPS) is 21.3. The molecule has 3 heterocycles. The third kappa shape index (κ3) is 3.59. The second-order valence-corrected chi connectivity index (χ2v) is 9.23. The molecule has 0 bridgehead atoms. The van der Waals surface area contributed by atoms with E-state index in [1.54, 1.807) is 21.3 Å². The van der Waals surface area contributed by atoms with Crippen molar-refractivity contribution in [2.24, 2.45) is 5.10 Å². The number of hydrogen-bond acceptors (Lipinski definition) is 7. The number of likely N-dealkylation sites (tertiary alicyclic amines) is 1. The molecule has 5 rings (SSSR count). The van der Waals surface area contributed by atoms with E-state index < -0.39 is 5.72 Å². The summed E-state index contributed by atoms with van der Waals surface area (Å²) in [5.41, 5.74) is 2.63. The van der Waals surface area contributed by atoms with Crippen LogP contribution in [-0.4, -0.2) is 61.8 Å². The lowest BCUT2D eigenvalue weighted by Gasteiger charge is -2.51. The zero-order chi connectivity index (χ0) is 23.2. The van der Waals surface area contributed by atoms with E-state index in [-0.39, 0.29) is 6.04 Å². The van der Waals surface area contributed by atoms with Gasteiger partial charge >= 0.3 is 0 Å². The molecule has 0 radical (unpaired) electrons. The number of nitrogens with zero attached hydrogens (tertiary/aromatic N) is 3. The first-order valence-electron chi connectivity index (χ1n) is 11.7. The number of ether oxygens (including phenoxy) is 4. The molecule has 7 heteroatoms. The lowest BCUT2D eigenvalue weighted by atomic mass is 9.90. The molecule has 1 fully saturated rings. The fourth-order valence-electron chi connectivity index (χ4n) is 5.35. The number of rotatable bonds is 5. The Hall–Kier alpha value is -2.93. The number of methoxy groups -OCH3 is 3. The molecule has 0 aromatic heterocycles. The molecule has 0 N–H and O–H groups in total. The van der Waals surface area contributed by atoms with E-state index in [1.807, 2.05) is 30.3 Å². The zero-order valence-corrected chi connectivity index (χ0v) is 20.1. The smallest absolute Gasteiger partial charge is 0.200 e. The highest BCUT2D eigenvalue weighted by Gasteiger charge is 2.52. The van der Waals surface area contributed by atoms with Gasteiger partial charge in [0.2, 0.25) is 5.72 Å². The first-order valence-corrected chi connectivity index (χ1v) is 11.7. The van der Waals surface area contributed by atoms with Gasteiger partial charge in [-0.3, -0.25) is 0 Å². The Labute approximate surface area is 195 Å². The van der Waals surface area contributed by atoms with Gasteiger partial charge in [0.25, 0.3) is 0 Å². The maximum absolute atomic E-state index is 6.82. The second-order valence-electron chi connectivity index (χ2n) is 9.23. The number of benzene rings is 2. The van der Waals surface area contributed by atoms with E-state index in [9.17, 15) is 0 Å². The largest absolute Gasteiger partial charge is 0.497 e. The summed E-state index contributed by atoms with van der Waals surface area (Å²) in [6, 6.07) is 12.7. The van der Waals surface area contributed by atoms with Crippen LogP contribution in [0.2, 0.25) is 0 Å². The summed E-state index contributed by atoms with van der Waals surface area (Å²) in [6.45, 7) is 6.45. The Bertz CT molecular complexity index is 1060. The first kappa shape index (κ1) is 21.9. The molecule has 2 aromatic rings. The summed E-state index contributed by atoms with van der Waals surface area (Å²) in [5, 5.41) is 7.42. The molecule has 176 valence electrons. The van der Waals surface area contributed by atoms with E-state index in [0.29, 0.717) is 6.04 Å². The van der Waals surface area contributed by atoms with Crippen LogP contribution in [0.3, 0.4) is 0 Å². The minimum atomic E-state index is -0.487. The summed E-state index contributed by atoms with van der Waals surface area (Å²) in [6.07, 6.45) is 2.55. The van der Waals surface area contributed by atoms with Crippen molar-refractivity contribution in [3.05, 3.63) is 47.5 Å². The van der Waals surface area contributed by atoms with Gasteiger partial charge in [-0.05, 0) is 32.0 Å². The average Bonchev–Trinajstić information content (AvgIpc) is 3.30. The molecule has 0 aliphatic carbocycles. The van der Waals surface area contributed by atoms with E-state index >= 15 is 0 Å². The summed E-state index contributed by atoms with van der Waals surface area (Å²) in [4.78, 5) is 2.51. The third-order valence-corrected chi connectivity index (χ3v) is 7.24. The van der Waals surface area contributed by atoms with Crippen molar-refractivity contribution in [1.29, 1.82) is 0 Å². The highest BCUT2D eigenvalue weighted by atomic mass is 16.5. The topological polar surface area (TPSA) is 55.8 Å². The van der Waals surface area contributed by atoms with Gasteiger partial charge in [0, 0.05) is 55.6 Å². The SMILES string of the molecule is COc1ccc(C2=NN3[C@@H](C2)c2cccc(OC)c2OC32CCN(C(C)C)CC2)c(OC)c1. The Balaban J connectivity index is 1.57. The summed E-state index contributed by atoms with van der Waals surface area (Å²) < 4.78 is 23.6. The van der Waals surface area contributed by atoms with Gasteiger partial charge < -0.3 is 23.8 Å². The maximum atomic E-state index is 6.82. The molecule has 3 aliphatic heterocycles. The lowest BCUT2D eigenvalue weighted by molar-refractivity contribution is -0.153. The highest BCUT2D eigenvalue weighted by Crippen LogP contribution is 2.53. The highest BCUT2D eigenvalue weighted by molar-refractivity contribution is 6.04. The van der Waals surface area contributed by atoms with Crippen LogP contribution >= 0.6 is 0 Å². The summed E-state index contributed by atoms with van der Waals surface area (Å²) in [7, 11) is 5.06. The van der Waals surface area contributed by atoms with Crippen molar-refractivity contribution in [2.45, 2.75) is 50.9 Å². The van der Waals surface area contributed by atoms with Crippen LogP contribution in [0.25, 0.3) is 0 Å². The Morgan fingerprint density at radius 3 is 2.42 bits per heavy atom. The molecule has 0 amide bonds. The lowest BCUT2D eigenvalue weighted by Crippen LogP contribution is -2.59. The van der Waals surface area contributed by atoms with Crippen LogP contribution in [-0.2, 0) is 0 Å².